The number of amidine groups is 1. The van der Waals surface area contributed by atoms with Crippen molar-refractivity contribution in [2.45, 2.75) is 13.8 Å². The molecule has 0 bridgehead atoms. The van der Waals surface area contributed by atoms with Gasteiger partial charge in [0.25, 0.3) is 5.91 Å². The van der Waals surface area contributed by atoms with Gasteiger partial charge in [-0.15, -0.1) is 0 Å². The Morgan fingerprint density at radius 3 is 2.67 bits per heavy atom. The molecule has 0 N–H and O–H groups in total. The number of thioether (sulfide) groups is 1. The quantitative estimate of drug-likeness (QED) is 0.707. The maximum Gasteiger partial charge on any atom is 0.266 e. The van der Waals surface area contributed by atoms with Crippen LogP contribution in [-0.2, 0) is 4.79 Å². The SMILES string of the molecule is CCOc1c(/C=C2/SC(=Nc3ccccc3C)N(C)C2=O)cccc1OC. The van der Waals surface area contributed by atoms with Crippen LogP contribution in [0.1, 0.15) is 18.1 Å². The number of para-hydroxylation sites is 2. The minimum atomic E-state index is -0.0856. The van der Waals surface area contributed by atoms with E-state index in [0.29, 0.717) is 28.2 Å². The molecule has 1 aliphatic heterocycles. The molecule has 0 spiro atoms. The summed E-state index contributed by atoms with van der Waals surface area (Å²) >= 11 is 1.36. The lowest BCUT2D eigenvalue weighted by atomic mass is 10.1. The van der Waals surface area contributed by atoms with Gasteiger partial charge in [0, 0.05) is 12.6 Å². The fourth-order valence-corrected chi connectivity index (χ4v) is 3.66. The van der Waals surface area contributed by atoms with Gasteiger partial charge in [-0.05, 0) is 49.4 Å². The molecule has 6 heteroatoms. The van der Waals surface area contributed by atoms with Gasteiger partial charge in [0.15, 0.2) is 16.7 Å². The molecule has 140 valence electrons. The predicted octanol–water partition coefficient (Wildman–Crippen LogP) is 4.64. The van der Waals surface area contributed by atoms with Gasteiger partial charge < -0.3 is 9.47 Å². The van der Waals surface area contributed by atoms with Crippen LogP contribution >= 0.6 is 11.8 Å². The molecule has 27 heavy (non-hydrogen) atoms. The summed E-state index contributed by atoms with van der Waals surface area (Å²) in [5.41, 5.74) is 2.73. The molecule has 0 unspecified atom stereocenters. The minimum absolute atomic E-state index is 0.0856. The largest absolute Gasteiger partial charge is 0.493 e. The maximum atomic E-state index is 12.7. The van der Waals surface area contributed by atoms with Crippen molar-refractivity contribution in [3.05, 3.63) is 58.5 Å². The van der Waals surface area contributed by atoms with E-state index in [0.717, 1.165) is 16.8 Å². The Labute approximate surface area is 163 Å². The molecule has 1 amide bonds. The summed E-state index contributed by atoms with van der Waals surface area (Å²) < 4.78 is 11.1. The Morgan fingerprint density at radius 2 is 1.96 bits per heavy atom. The first-order chi connectivity index (χ1) is 13.0. The maximum absolute atomic E-state index is 12.7. The first kappa shape index (κ1) is 19.0. The highest BCUT2D eigenvalue weighted by Crippen LogP contribution is 2.37. The van der Waals surface area contributed by atoms with E-state index in [1.807, 2.05) is 62.4 Å². The van der Waals surface area contributed by atoms with E-state index in [4.69, 9.17) is 9.47 Å². The van der Waals surface area contributed by atoms with Gasteiger partial charge in [-0.3, -0.25) is 9.69 Å². The van der Waals surface area contributed by atoms with Crippen LogP contribution in [0.3, 0.4) is 0 Å². The number of hydrogen-bond donors (Lipinski definition) is 0. The Kier molecular flexibility index (Phi) is 5.86. The Balaban J connectivity index is 1.97. The van der Waals surface area contributed by atoms with Crippen LogP contribution in [0.15, 0.2) is 52.4 Å². The third kappa shape index (κ3) is 4.01. The number of nitrogens with zero attached hydrogens (tertiary/aromatic N) is 2. The fourth-order valence-electron chi connectivity index (χ4n) is 2.69. The first-order valence-electron chi connectivity index (χ1n) is 8.67. The average Bonchev–Trinajstić information content (AvgIpc) is 2.93. The number of carbonyl (C=O) groups excluding carboxylic acids is 1. The molecule has 2 aromatic rings. The van der Waals surface area contributed by atoms with Crippen LogP contribution in [0.4, 0.5) is 5.69 Å². The van der Waals surface area contributed by atoms with E-state index in [1.165, 1.54) is 11.8 Å². The minimum Gasteiger partial charge on any atom is -0.493 e. The summed E-state index contributed by atoms with van der Waals surface area (Å²) in [6, 6.07) is 13.5. The fraction of sp³-hybridized carbons (Fsp3) is 0.238. The number of methoxy groups -OCH3 is 1. The van der Waals surface area contributed by atoms with Gasteiger partial charge in [-0.25, -0.2) is 4.99 Å². The molecule has 1 fully saturated rings. The Hall–Kier alpha value is -2.73. The Bertz CT molecular complexity index is 921. The predicted molar refractivity (Wildman–Crippen MR) is 111 cm³/mol. The average molecular weight is 382 g/mol. The summed E-state index contributed by atoms with van der Waals surface area (Å²) in [6.45, 7) is 4.43. The van der Waals surface area contributed by atoms with Gasteiger partial charge in [-0.2, -0.15) is 0 Å². The van der Waals surface area contributed by atoms with E-state index in [2.05, 4.69) is 4.99 Å². The van der Waals surface area contributed by atoms with Gasteiger partial charge >= 0.3 is 0 Å². The van der Waals surface area contributed by atoms with E-state index < -0.39 is 0 Å². The molecule has 2 aromatic carbocycles. The lowest BCUT2D eigenvalue weighted by molar-refractivity contribution is -0.121. The third-order valence-corrected chi connectivity index (χ3v) is 5.20. The number of benzene rings is 2. The molecule has 1 aliphatic rings. The van der Waals surface area contributed by atoms with Gasteiger partial charge in [0.2, 0.25) is 0 Å². The number of likely N-dealkylation sites (N-methyl/N-ethyl adjacent to an activating group) is 1. The zero-order valence-corrected chi connectivity index (χ0v) is 16.7. The van der Waals surface area contributed by atoms with Gasteiger partial charge in [0.1, 0.15) is 0 Å². The molecule has 3 rings (SSSR count). The monoisotopic (exact) mass is 382 g/mol. The summed E-state index contributed by atoms with van der Waals surface area (Å²) in [6.07, 6.45) is 1.83. The number of carbonyl (C=O) groups is 1. The van der Waals surface area contributed by atoms with Crippen LogP contribution in [0.5, 0.6) is 11.5 Å². The summed E-state index contributed by atoms with van der Waals surface area (Å²) in [5, 5.41) is 0.654. The number of aryl methyl sites for hydroxylation is 1. The highest BCUT2D eigenvalue weighted by atomic mass is 32.2. The van der Waals surface area contributed by atoms with Crippen molar-refractivity contribution in [1.29, 1.82) is 0 Å². The highest BCUT2D eigenvalue weighted by Gasteiger charge is 2.31. The van der Waals surface area contributed by atoms with Crippen molar-refractivity contribution in [3.8, 4) is 11.5 Å². The second kappa shape index (κ2) is 8.31. The van der Waals surface area contributed by atoms with Crippen molar-refractivity contribution < 1.29 is 14.3 Å². The zero-order valence-electron chi connectivity index (χ0n) is 15.9. The molecule has 0 atom stereocenters. The zero-order chi connectivity index (χ0) is 19.4. The number of hydrogen-bond acceptors (Lipinski definition) is 5. The molecule has 1 heterocycles. The van der Waals surface area contributed by atoms with Crippen LogP contribution < -0.4 is 9.47 Å². The van der Waals surface area contributed by atoms with Crippen molar-refractivity contribution in [3.63, 3.8) is 0 Å². The second-order valence-electron chi connectivity index (χ2n) is 5.97. The second-order valence-corrected chi connectivity index (χ2v) is 6.98. The molecule has 0 radical (unpaired) electrons. The van der Waals surface area contributed by atoms with Crippen LogP contribution in [-0.4, -0.2) is 36.7 Å². The van der Waals surface area contributed by atoms with E-state index in [-0.39, 0.29) is 5.91 Å². The number of aliphatic imine (C=N–C) groups is 1. The van der Waals surface area contributed by atoms with Crippen LogP contribution in [0, 0.1) is 6.92 Å². The van der Waals surface area contributed by atoms with E-state index in [1.54, 1.807) is 19.1 Å². The first-order valence-corrected chi connectivity index (χ1v) is 9.48. The Morgan fingerprint density at radius 1 is 1.19 bits per heavy atom. The molecule has 1 saturated heterocycles. The third-order valence-electron chi connectivity index (χ3n) is 4.14. The normalized spacial score (nSPS) is 17.0. The van der Waals surface area contributed by atoms with Gasteiger partial charge in [0.05, 0.1) is 24.3 Å². The van der Waals surface area contributed by atoms with Crippen LogP contribution in [0.2, 0.25) is 0 Å². The summed E-state index contributed by atoms with van der Waals surface area (Å²) in [7, 11) is 3.34. The van der Waals surface area contributed by atoms with Crippen molar-refractivity contribution in [1.82, 2.24) is 4.90 Å². The van der Waals surface area contributed by atoms with Crippen LogP contribution in [0.25, 0.3) is 6.08 Å². The number of rotatable bonds is 5. The van der Waals surface area contributed by atoms with Crippen molar-refractivity contribution in [2.24, 2.45) is 4.99 Å². The molecular weight excluding hydrogens is 360 g/mol. The topological polar surface area (TPSA) is 51.1 Å². The summed E-state index contributed by atoms with van der Waals surface area (Å²) in [4.78, 5) is 19.5. The molecular formula is C21H22N2O3S. The summed E-state index contributed by atoms with van der Waals surface area (Å²) in [5.74, 6) is 1.19. The van der Waals surface area contributed by atoms with E-state index >= 15 is 0 Å². The van der Waals surface area contributed by atoms with E-state index in [9.17, 15) is 4.79 Å². The smallest absolute Gasteiger partial charge is 0.266 e. The molecule has 0 aromatic heterocycles. The lowest BCUT2D eigenvalue weighted by Crippen LogP contribution is -2.23. The number of ether oxygens (including phenoxy) is 2. The highest BCUT2D eigenvalue weighted by molar-refractivity contribution is 8.18. The number of amides is 1. The lowest BCUT2D eigenvalue weighted by Gasteiger charge is -2.12. The van der Waals surface area contributed by atoms with Crippen molar-refractivity contribution >= 4 is 34.6 Å². The standard InChI is InChI=1S/C21H22N2O3S/c1-5-26-19-15(10-8-12-17(19)25-4)13-18-20(24)23(3)21(27-18)22-16-11-7-6-9-14(16)2/h6-13H,5H2,1-4H3/b18-13+,22-21?. The molecule has 0 saturated carbocycles. The van der Waals surface area contributed by atoms with Gasteiger partial charge in [-0.1, -0.05) is 30.3 Å². The molecule has 0 aliphatic carbocycles. The van der Waals surface area contributed by atoms with Crippen molar-refractivity contribution in [2.75, 3.05) is 20.8 Å². The molecule has 5 nitrogen and oxygen atoms in total.